The Balaban J connectivity index is 1.77. The second-order valence-corrected chi connectivity index (χ2v) is 11.0. The molecule has 0 bridgehead atoms. The molecule has 1 aromatic heterocycles. The maximum absolute atomic E-state index is 13.6. The standard InChI is InChI=1S/C26H28N2O5S2/c1-4-34-11-9-33-26(30)23-16(3)27-19-12-18(22-6-5-10-35-22)14-21(29)25(19)24(23)17-8-7-15(2)20(13-17)28(31)32/h5-8,10,13,18,24,27H,4,9,11-12,14H2,1-3H3/t18-,24-/m1/s1. The summed E-state index contributed by atoms with van der Waals surface area (Å²) in [5, 5.41) is 17.0. The number of carbonyl (C=O) groups is 2. The Morgan fingerprint density at radius 3 is 2.77 bits per heavy atom. The fourth-order valence-electron chi connectivity index (χ4n) is 4.79. The number of thioether (sulfide) groups is 1. The lowest BCUT2D eigenvalue weighted by atomic mass is 9.72. The van der Waals surface area contributed by atoms with Crippen LogP contribution in [0.4, 0.5) is 5.69 Å². The van der Waals surface area contributed by atoms with E-state index in [2.05, 4.69) is 5.32 Å². The van der Waals surface area contributed by atoms with Crippen LogP contribution in [-0.2, 0) is 14.3 Å². The summed E-state index contributed by atoms with van der Waals surface area (Å²) < 4.78 is 5.58. The third-order valence-corrected chi connectivity index (χ3v) is 8.32. The van der Waals surface area contributed by atoms with Crippen molar-refractivity contribution in [1.29, 1.82) is 0 Å². The van der Waals surface area contributed by atoms with Crippen molar-refractivity contribution in [1.82, 2.24) is 5.32 Å². The van der Waals surface area contributed by atoms with Crippen LogP contribution in [0.1, 0.15) is 54.5 Å². The van der Waals surface area contributed by atoms with Crippen molar-refractivity contribution in [3.63, 3.8) is 0 Å². The Morgan fingerprint density at radius 2 is 2.09 bits per heavy atom. The maximum Gasteiger partial charge on any atom is 0.336 e. The molecule has 0 unspecified atom stereocenters. The van der Waals surface area contributed by atoms with Gasteiger partial charge in [-0.3, -0.25) is 14.9 Å². The summed E-state index contributed by atoms with van der Waals surface area (Å²) in [5.74, 6) is 0.400. The highest BCUT2D eigenvalue weighted by atomic mass is 32.2. The number of hydrogen-bond acceptors (Lipinski definition) is 8. The number of nitrogens with zero attached hydrogens (tertiary/aromatic N) is 1. The van der Waals surface area contributed by atoms with Crippen molar-refractivity contribution in [2.45, 2.75) is 45.4 Å². The van der Waals surface area contributed by atoms with Crippen LogP contribution in [0.2, 0.25) is 0 Å². The summed E-state index contributed by atoms with van der Waals surface area (Å²) in [6.07, 6.45) is 0.971. The third-order valence-electron chi connectivity index (χ3n) is 6.42. The van der Waals surface area contributed by atoms with Crippen LogP contribution in [0.5, 0.6) is 0 Å². The monoisotopic (exact) mass is 512 g/mol. The lowest BCUT2D eigenvalue weighted by Gasteiger charge is -2.36. The molecule has 2 aliphatic rings. The zero-order chi connectivity index (χ0) is 25.1. The summed E-state index contributed by atoms with van der Waals surface area (Å²) in [6, 6.07) is 8.95. The van der Waals surface area contributed by atoms with E-state index in [0.717, 1.165) is 16.3 Å². The van der Waals surface area contributed by atoms with Gasteiger partial charge in [-0.1, -0.05) is 25.1 Å². The highest BCUT2D eigenvalue weighted by Crippen LogP contribution is 2.46. The molecule has 2 heterocycles. The number of ketones is 1. The van der Waals surface area contributed by atoms with Gasteiger partial charge in [0.05, 0.1) is 10.5 Å². The van der Waals surface area contributed by atoms with Crippen LogP contribution in [0, 0.1) is 17.0 Å². The van der Waals surface area contributed by atoms with Gasteiger partial charge in [-0.05, 0) is 43.0 Å². The van der Waals surface area contributed by atoms with E-state index in [0.29, 0.717) is 46.6 Å². The van der Waals surface area contributed by atoms with Crippen LogP contribution < -0.4 is 5.32 Å². The quantitative estimate of drug-likeness (QED) is 0.212. The number of nitrogens with one attached hydrogen (secondary N) is 1. The summed E-state index contributed by atoms with van der Waals surface area (Å²) in [4.78, 5) is 39.2. The Hall–Kier alpha value is -2.91. The molecule has 1 aliphatic heterocycles. The Bertz CT molecular complexity index is 1220. The average molecular weight is 513 g/mol. The molecule has 1 aliphatic carbocycles. The molecule has 0 amide bonds. The van der Waals surface area contributed by atoms with Gasteiger partial charge in [-0.15, -0.1) is 11.3 Å². The topological polar surface area (TPSA) is 98.5 Å². The van der Waals surface area contributed by atoms with E-state index in [9.17, 15) is 19.7 Å². The van der Waals surface area contributed by atoms with Crippen molar-refractivity contribution >= 4 is 40.5 Å². The number of rotatable bonds is 8. The van der Waals surface area contributed by atoms with Crippen molar-refractivity contribution in [2.75, 3.05) is 18.1 Å². The van der Waals surface area contributed by atoms with Gasteiger partial charge in [0, 0.05) is 57.5 Å². The number of ether oxygens (including phenoxy) is 1. The molecule has 0 saturated heterocycles. The van der Waals surface area contributed by atoms with Crippen LogP contribution in [0.3, 0.4) is 0 Å². The minimum atomic E-state index is -0.714. The molecule has 184 valence electrons. The summed E-state index contributed by atoms with van der Waals surface area (Å²) in [7, 11) is 0. The van der Waals surface area contributed by atoms with Crippen LogP contribution >= 0.6 is 23.1 Å². The van der Waals surface area contributed by atoms with E-state index in [4.69, 9.17) is 4.74 Å². The molecule has 1 N–H and O–H groups in total. The molecular weight excluding hydrogens is 484 g/mol. The Labute approximate surface area is 212 Å². The number of carbonyl (C=O) groups excluding carboxylic acids is 2. The van der Waals surface area contributed by atoms with Gasteiger partial charge in [0.1, 0.15) is 6.61 Å². The highest BCUT2D eigenvalue weighted by molar-refractivity contribution is 7.99. The second kappa shape index (κ2) is 10.8. The van der Waals surface area contributed by atoms with Crippen LogP contribution in [0.15, 0.2) is 58.3 Å². The fourth-order valence-corrected chi connectivity index (χ4v) is 6.11. The molecular formula is C26H28N2O5S2. The first-order valence-corrected chi connectivity index (χ1v) is 13.6. The summed E-state index contributed by atoms with van der Waals surface area (Å²) in [5.41, 5.74) is 3.29. The molecule has 35 heavy (non-hydrogen) atoms. The number of allylic oxidation sites excluding steroid dienone is 3. The molecule has 1 aromatic carbocycles. The molecule has 0 spiro atoms. The lowest BCUT2D eigenvalue weighted by Crippen LogP contribution is -2.36. The Morgan fingerprint density at radius 1 is 1.29 bits per heavy atom. The second-order valence-electron chi connectivity index (χ2n) is 8.67. The van der Waals surface area contributed by atoms with Crippen LogP contribution in [-0.4, -0.2) is 34.8 Å². The number of thiophene rings is 1. The minimum absolute atomic E-state index is 0.0346. The van der Waals surface area contributed by atoms with Gasteiger partial charge in [0.15, 0.2) is 5.78 Å². The number of nitro benzene ring substituents is 1. The summed E-state index contributed by atoms with van der Waals surface area (Å²) >= 11 is 3.30. The van der Waals surface area contributed by atoms with Gasteiger partial charge >= 0.3 is 5.97 Å². The van der Waals surface area contributed by atoms with Gasteiger partial charge in [-0.25, -0.2) is 4.79 Å². The van der Waals surface area contributed by atoms with E-state index >= 15 is 0 Å². The zero-order valence-corrected chi connectivity index (χ0v) is 21.6. The number of aryl methyl sites for hydroxylation is 1. The van der Waals surface area contributed by atoms with E-state index < -0.39 is 16.8 Å². The van der Waals surface area contributed by atoms with E-state index in [1.54, 1.807) is 49.1 Å². The first-order chi connectivity index (χ1) is 16.8. The van der Waals surface area contributed by atoms with E-state index in [1.165, 1.54) is 6.07 Å². The molecule has 2 aromatic rings. The van der Waals surface area contributed by atoms with Gasteiger partial charge in [0.25, 0.3) is 5.69 Å². The molecule has 0 radical (unpaired) electrons. The maximum atomic E-state index is 13.6. The molecule has 7 nitrogen and oxygen atoms in total. The first kappa shape index (κ1) is 25.2. The predicted octanol–water partition coefficient (Wildman–Crippen LogP) is 5.62. The number of esters is 1. The lowest BCUT2D eigenvalue weighted by molar-refractivity contribution is -0.385. The zero-order valence-electron chi connectivity index (χ0n) is 20.0. The summed E-state index contributed by atoms with van der Waals surface area (Å²) in [6.45, 7) is 5.77. The third kappa shape index (κ3) is 5.21. The highest BCUT2D eigenvalue weighted by Gasteiger charge is 2.42. The normalized spacial score (nSPS) is 19.9. The molecule has 9 heteroatoms. The van der Waals surface area contributed by atoms with Crippen molar-refractivity contribution in [3.8, 4) is 0 Å². The molecule has 2 atom stereocenters. The number of dihydropyridines is 1. The predicted molar refractivity (Wildman–Crippen MR) is 139 cm³/mol. The fraction of sp³-hybridized carbons (Fsp3) is 0.385. The van der Waals surface area contributed by atoms with Gasteiger partial charge < -0.3 is 10.1 Å². The number of Topliss-reactive ketones (excluding diaryl/α,β-unsaturated/α-hetero) is 1. The van der Waals surface area contributed by atoms with Crippen molar-refractivity contribution < 1.29 is 19.2 Å². The smallest absolute Gasteiger partial charge is 0.336 e. The number of nitro groups is 1. The van der Waals surface area contributed by atoms with E-state index in [-0.39, 0.29) is 24.0 Å². The number of hydrogen-bond donors (Lipinski definition) is 1. The van der Waals surface area contributed by atoms with Crippen molar-refractivity contribution in [3.05, 3.63) is 84.4 Å². The van der Waals surface area contributed by atoms with Gasteiger partial charge in [0.2, 0.25) is 0 Å². The largest absolute Gasteiger partial charge is 0.461 e. The molecule has 0 fully saturated rings. The SMILES string of the molecule is CCSCCOC(=O)C1=C(C)NC2=C(C(=O)C[C@H](c3cccs3)C2)[C@@H]1c1ccc(C)c([N+](=O)[O-])c1. The van der Waals surface area contributed by atoms with Gasteiger partial charge in [-0.2, -0.15) is 11.8 Å². The molecule has 4 rings (SSSR count). The minimum Gasteiger partial charge on any atom is -0.461 e. The van der Waals surface area contributed by atoms with E-state index in [1.807, 2.05) is 24.4 Å². The Kier molecular flexibility index (Phi) is 7.76. The first-order valence-electron chi connectivity index (χ1n) is 11.6. The molecule has 0 saturated carbocycles. The average Bonchev–Trinajstić information content (AvgIpc) is 3.36. The van der Waals surface area contributed by atoms with Crippen LogP contribution in [0.25, 0.3) is 0 Å². The van der Waals surface area contributed by atoms with Crippen molar-refractivity contribution in [2.24, 2.45) is 0 Å². The number of benzene rings is 1.